The highest BCUT2D eigenvalue weighted by Gasteiger charge is 2.25. The molecule has 4 aromatic carbocycles. The molecule has 6 heteroatoms. The molecule has 47 heavy (non-hydrogen) atoms. The average molecular weight is 616 g/mol. The lowest BCUT2D eigenvalue weighted by Gasteiger charge is -2.20. The van der Waals surface area contributed by atoms with E-state index in [4.69, 9.17) is 22.9 Å². The highest BCUT2D eigenvalue weighted by atomic mass is 16.3. The summed E-state index contributed by atoms with van der Waals surface area (Å²) in [5.74, 6) is 1.16. The Morgan fingerprint density at radius 2 is 1.55 bits per heavy atom. The summed E-state index contributed by atoms with van der Waals surface area (Å²) in [5.41, 5.74) is 9.05. The molecule has 1 aliphatic carbocycles. The van der Waals surface area contributed by atoms with Gasteiger partial charge in [-0.05, 0) is 86.8 Å². The molecule has 5 heterocycles. The molecule has 1 aliphatic rings. The molecule has 0 unspecified atom stereocenters. The zero-order valence-electron chi connectivity index (χ0n) is 28.9. The van der Waals surface area contributed by atoms with Gasteiger partial charge in [-0.25, -0.2) is 9.97 Å². The Labute approximate surface area is 274 Å². The highest BCUT2D eigenvalue weighted by Crippen LogP contribution is 2.43. The van der Waals surface area contributed by atoms with Crippen LogP contribution >= 0.6 is 0 Å². The monoisotopic (exact) mass is 615 g/mol. The number of imidazole rings is 1. The van der Waals surface area contributed by atoms with E-state index in [9.17, 15) is 0 Å². The molecule has 9 aromatic rings. The molecule has 1 fully saturated rings. The van der Waals surface area contributed by atoms with Crippen molar-refractivity contribution < 1.29 is 12.9 Å². The van der Waals surface area contributed by atoms with Gasteiger partial charge in [0.15, 0.2) is 0 Å². The summed E-state index contributed by atoms with van der Waals surface area (Å²) >= 11 is 0. The number of hydrogen-bond acceptors (Lipinski definition) is 5. The molecular weight excluding hydrogens is 580 g/mol. The number of para-hydroxylation sites is 2. The van der Waals surface area contributed by atoms with Crippen molar-refractivity contribution in [1.82, 2.24) is 19.5 Å². The Kier molecular flexibility index (Phi) is 5.06. The van der Waals surface area contributed by atoms with Crippen molar-refractivity contribution in [2.45, 2.75) is 51.8 Å². The van der Waals surface area contributed by atoms with Crippen molar-refractivity contribution in [3.63, 3.8) is 0 Å². The van der Waals surface area contributed by atoms with Crippen molar-refractivity contribution in [3.05, 3.63) is 108 Å². The maximum absolute atomic E-state index is 7.99. The molecule has 5 aromatic heterocycles. The number of benzene rings is 4. The van der Waals surface area contributed by atoms with E-state index in [-0.39, 0.29) is 5.69 Å². The van der Waals surface area contributed by atoms with Crippen molar-refractivity contribution >= 4 is 65.9 Å². The molecule has 0 N–H and O–H groups in total. The van der Waals surface area contributed by atoms with Crippen LogP contribution in [0.25, 0.3) is 83.0 Å². The van der Waals surface area contributed by atoms with Crippen LogP contribution in [0, 0.1) is 13.8 Å². The lowest BCUT2D eigenvalue weighted by atomic mass is 9.86. The van der Waals surface area contributed by atoms with Gasteiger partial charge in [0.05, 0.1) is 33.2 Å². The molecule has 6 nitrogen and oxygen atoms in total. The third-order valence-electron chi connectivity index (χ3n) is 10.1. The molecule has 228 valence electrons. The summed E-state index contributed by atoms with van der Waals surface area (Å²) in [6.07, 6.45) is 6.11. The van der Waals surface area contributed by atoms with Crippen LogP contribution in [0.5, 0.6) is 0 Å². The molecule has 0 bridgehead atoms. The van der Waals surface area contributed by atoms with E-state index < -0.39 is 6.85 Å². The minimum absolute atomic E-state index is 0.0568. The standard InChI is InChI=1S/C41H32N4O2/c1-23-15-22-34(36-29-11-6-7-14-35(29)46-38(23)36)45-37-28-17-16-24(2)42-32(28)20-21-33(37)43-40(45)30-13-8-12-26-27-18-19-31(25-9-4-3-5-10-25)44-41(27)47-39(26)30/h6-8,11-22,25H,3-5,9-10H2,1-2H3/i2D3. The first kappa shape index (κ1) is 23.8. The van der Waals surface area contributed by atoms with E-state index in [0.29, 0.717) is 23.0 Å². The predicted molar refractivity (Wildman–Crippen MR) is 189 cm³/mol. The Hall–Kier alpha value is -5.49. The van der Waals surface area contributed by atoms with Crippen LogP contribution in [-0.4, -0.2) is 19.5 Å². The number of nitrogens with zero attached hydrogens (tertiary/aromatic N) is 4. The van der Waals surface area contributed by atoms with E-state index in [1.54, 1.807) is 6.07 Å². The smallest absolute Gasteiger partial charge is 0.227 e. The zero-order valence-corrected chi connectivity index (χ0v) is 25.9. The van der Waals surface area contributed by atoms with Gasteiger partial charge in [0, 0.05) is 43.0 Å². The fraction of sp³-hybridized carbons (Fsp3) is 0.195. The number of aromatic nitrogens is 4. The predicted octanol–water partition coefficient (Wildman–Crippen LogP) is 11.1. The second-order valence-corrected chi connectivity index (χ2v) is 12.9. The Morgan fingerprint density at radius 1 is 0.702 bits per heavy atom. The molecule has 0 aliphatic heterocycles. The molecule has 10 rings (SSSR count). The lowest BCUT2D eigenvalue weighted by molar-refractivity contribution is 0.436. The van der Waals surface area contributed by atoms with Gasteiger partial charge in [0.2, 0.25) is 5.71 Å². The minimum Gasteiger partial charge on any atom is -0.456 e. The van der Waals surface area contributed by atoms with Crippen LogP contribution in [0.1, 0.15) is 59.1 Å². The Morgan fingerprint density at radius 3 is 2.47 bits per heavy atom. The number of hydrogen-bond donors (Lipinski definition) is 0. The van der Waals surface area contributed by atoms with E-state index in [2.05, 4.69) is 58.9 Å². The number of pyridine rings is 2. The summed E-state index contributed by atoms with van der Waals surface area (Å²) < 4.78 is 39.3. The van der Waals surface area contributed by atoms with Gasteiger partial charge >= 0.3 is 0 Å². The first-order valence-electron chi connectivity index (χ1n) is 17.9. The minimum atomic E-state index is -2.32. The summed E-state index contributed by atoms with van der Waals surface area (Å²) in [7, 11) is 0. The topological polar surface area (TPSA) is 69.9 Å². The van der Waals surface area contributed by atoms with E-state index in [1.807, 2.05) is 42.5 Å². The second-order valence-electron chi connectivity index (χ2n) is 12.9. The molecule has 0 radical (unpaired) electrons. The van der Waals surface area contributed by atoms with Gasteiger partial charge in [-0.2, -0.15) is 0 Å². The fourth-order valence-corrected chi connectivity index (χ4v) is 7.81. The number of aryl methyl sites for hydroxylation is 2. The number of fused-ring (bicyclic) bond motifs is 9. The maximum atomic E-state index is 7.99. The van der Waals surface area contributed by atoms with Crippen LogP contribution in [-0.2, 0) is 0 Å². The van der Waals surface area contributed by atoms with Gasteiger partial charge in [-0.15, -0.1) is 0 Å². The molecule has 0 spiro atoms. The van der Waals surface area contributed by atoms with E-state index in [0.717, 1.165) is 77.2 Å². The largest absolute Gasteiger partial charge is 0.456 e. The Bertz CT molecular complexity index is 2820. The molecule has 0 saturated heterocycles. The summed E-state index contributed by atoms with van der Waals surface area (Å²) in [4.78, 5) is 15.0. The summed E-state index contributed by atoms with van der Waals surface area (Å²) in [6.45, 7) is -0.268. The fourth-order valence-electron chi connectivity index (χ4n) is 7.81. The third-order valence-corrected chi connectivity index (χ3v) is 10.1. The maximum Gasteiger partial charge on any atom is 0.227 e. The molecule has 0 atom stereocenters. The SMILES string of the molecule is [2H]C([2H])([2H])c1ccc2c(ccc3nc(-c4cccc5c4oc4nc(C6CCCCC6)ccc45)n(-c4ccc(C)c5oc6ccccc6c45)c32)n1. The zero-order chi connectivity index (χ0) is 33.7. The van der Waals surface area contributed by atoms with Crippen LogP contribution in [0.4, 0.5) is 0 Å². The first-order valence-corrected chi connectivity index (χ1v) is 16.4. The molecular formula is C41H32N4O2. The Balaban J connectivity index is 1.30. The van der Waals surface area contributed by atoms with Gasteiger partial charge < -0.3 is 8.83 Å². The van der Waals surface area contributed by atoms with Crippen LogP contribution in [0.2, 0.25) is 0 Å². The van der Waals surface area contributed by atoms with Gasteiger partial charge in [0.25, 0.3) is 0 Å². The van der Waals surface area contributed by atoms with Crippen LogP contribution in [0.15, 0.2) is 99.8 Å². The normalized spacial score (nSPS) is 15.7. The number of rotatable bonds is 3. The number of furan rings is 2. The van der Waals surface area contributed by atoms with Crippen molar-refractivity contribution in [2.75, 3.05) is 0 Å². The molecule has 1 saturated carbocycles. The third kappa shape index (κ3) is 3.94. The highest BCUT2D eigenvalue weighted by molar-refractivity contribution is 6.14. The van der Waals surface area contributed by atoms with Gasteiger partial charge in [0.1, 0.15) is 22.6 Å². The van der Waals surface area contributed by atoms with Crippen LogP contribution in [0.3, 0.4) is 0 Å². The van der Waals surface area contributed by atoms with Gasteiger partial charge in [-0.1, -0.05) is 55.7 Å². The first-order chi connectivity index (χ1) is 24.3. The quantitative estimate of drug-likeness (QED) is 0.198. The molecule has 0 amide bonds. The average Bonchev–Trinajstić information content (AvgIpc) is 3.84. The van der Waals surface area contributed by atoms with Crippen molar-refractivity contribution in [3.8, 4) is 17.1 Å². The van der Waals surface area contributed by atoms with Crippen molar-refractivity contribution in [1.29, 1.82) is 0 Å². The van der Waals surface area contributed by atoms with Crippen LogP contribution < -0.4 is 0 Å². The summed E-state index contributed by atoms with van der Waals surface area (Å²) in [6, 6.07) is 30.0. The van der Waals surface area contributed by atoms with E-state index in [1.165, 1.54) is 32.1 Å². The second kappa shape index (κ2) is 10.0. The lowest BCUT2D eigenvalue weighted by Crippen LogP contribution is -2.06. The van der Waals surface area contributed by atoms with E-state index >= 15 is 0 Å². The van der Waals surface area contributed by atoms with Gasteiger partial charge in [-0.3, -0.25) is 9.55 Å². The van der Waals surface area contributed by atoms with Crippen molar-refractivity contribution in [2.24, 2.45) is 0 Å². The summed E-state index contributed by atoms with van der Waals surface area (Å²) in [5, 5.41) is 4.73.